The molecule has 1 N–H and O–H groups in total. The minimum atomic E-state index is -4.37. The Morgan fingerprint density at radius 2 is 2.04 bits per heavy atom. The van der Waals surface area contributed by atoms with Crippen LogP contribution in [0.3, 0.4) is 0 Å². The van der Waals surface area contributed by atoms with Crippen molar-refractivity contribution in [1.82, 2.24) is 15.1 Å². The second kappa shape index (κ2) is 8.22. The van der Waals surface area contributed by atoms with Gasteiger partial charge < -0.3 is 4.90 Å². The topological polar surface area (TPSA) is 61.4 Å². The van der Waals surface area contributed by atoms with Crippen LogP contribution >= 0.6 is 11.3 Å². The summed E-state index contributed by atoms with van der Waals surface area (Å²) in [4.78, 5) is 15.8. The van der Waals surface area contributed by atoms with Crippen LogP contribution in [0.5, 0.6) is 0 Å². The Morgan fingerprint density at radius 3 is 2.67 bits per heavy atom. The maximum Gasteiger partial charge on any atom is 0.418 e. The van der Waals surface area contributed by atoms with Crippen molar-refractivity contribution in [3.63, 3.8) is 0 Å². The number of hydrogen-bond donors (Lipinski definition) is 1. The lowest BCUT2D eigenvalue weighted by atomic mass is 10.0. The van der Waals surface area contributed by atoms with Crippen LogP contribution in [0.2, 0.25) is 0 Å². The number of benzene rings is 1. The number of carbonyl (C=O) groups is 1. The van der Waals surface area contributed by atoms with Gasteiger partial charge in [-0.15, -0.1) is 10.2 Å². The number of anilines is 2. The third-order valence-electron chi connectivity index (χ3n) is 4.64. The predicted molar refractivity (Wildman–Crippen MR) is 97.8 cm³/mol. The van der Waals surface area contributed by atoms with E-state index in [2.05, 4.69) is 15.5 Å². The minimum Gasteiger partial charge on any atom is -0.371 e. The van der Waals surface area contributed by atoms with Crippen LogP contribution in [0, 0.1) is 0 Å². The van der Waals surface area contributed by atoms with Crippen LogP contribution < -0.4 is 10.2 Å². The molecule has 0 aliphatic carbocycles. The zero-order chi connectivity index (χ0) is 19.4. The molecular weight excluding hydrogens is 379 g/mol. The first-order valence-corrected chi connectivity index (χ1v) is 9.40. The summed E-state index contributed by atoms with van der Waals surface area (Å²) in [6.07, 6.45) is -2.99. The van der Waals surface area contributed by atoms with E-state index in [4.69, 9.17) is 0 Å². The molecule has 1 fully saturated rings. The fourth-order valence-corrected chi connectivity index (χ4v) is 3.74. The van der Waals surface area contributed by atoms with Crippen LogP contribution in [-0.4, -0.2) is 53.7 Å². The number of nitrogens with one attached hydrogen (secondary N) is 1. The number of nitrogens with zero attached hydrogens (tertiary/aromatic N) is 4. The van der Waals surface area contributed by atoms with Crippen molar-refractivity contribution in [1.29, 1.82) is 0 Å². The van der Waals surface area contributed by atoms with Crippen molar-refractivity contribution < 1.29 is 18.0 Å². The molecule has 10 heteroatoms. The summed E-state index contributed by atoms with van der Waals surface area (Å²) in [7, 11) is 1.85. The molecule has 1 amide bonds. The van der Waals surface area contributed by atoms with Crippen molar-refractivity contribution in [2.24, 2.45) is 0 Å². The number of halogens is 3. The van der Waals surface area contributed by atoms with E-state index >= 15 is 0 Å². The maximum absolute atomic E-state index is 13.2. The number of carbonyl (C=O) groups excluding carboxylic acids is 1. The zero-order valence-electron chi connectivity index (χ0n) is 14.7. The van der Waals surface area contributed by atoms with E-state index in [0.717, 1.165) is 6.07 Å². The molecular formula is C17H20F3N5OS. The quantitative estimate of drug-likeness (QED) is 0.837. The number of amides is 1. The smallest absolute Gasteiger partial charge is 0.371 e. The van der Waals surface area contributed by atoms with Crippen LogP contribution in [0.15, 0.2) is 29.8 Å². The molecule has 1 aromatic heterocycles. The minimum absolute atomic E-state index is 0.138. The van der Waals surface area contributed by atoms with Gasteiger partial charge in [0.15, 0.2) is 0 Å². The summed E-state index contributed by atoms with van der Waals surface area (Å²) < 4.78 is 39.7. The van der Waals surface area contributed by atoms with Crippen LogP contribution in [-0.2, 0) is 11.0 Å². The molecule has 0 saturated carbocycles. The van der Waals surface area contributed by atoms with Gasteiger partial charge in [0, 0.05) is 24.8 Å². The lowest BCUT2D eigenvalue weighted by Gasteiger charge is -2.38. The third kappa shape index (κ3) is 4.95. The molecule has 0 atom stereocenters. The summed E-state index contributed by atoms with van der Waals surface area (Å²) in [5, 5.41) is 10.6. The van der Waals surface area contributed by atoms with Gasteiger partial charge in [0.1, 0.15) is 5.51 Å². The third-order valence-corrected chi connectivity index (χ3v) is 5.24. The molecule has 1 saturated heterocycles. The predicted octanol–water partition coefficient (Wildman–Crippen LogP) is 3.10. The average molecular weight is 399 g/mol. The molecule has 0 radical (unpaired) electrons. The Labute approximate surface area is 159 Å². The Bertz CT molecular complexity index is 760. The molecule has 146 valence electrons. The summed E-state index contributed by atoms with van der Waals surface area (Å²) in [6, 6.07) is 5.80. The maximum atomic E-state index is 13.2. The van der Waals surface area contributed by atoms with Crippen molar-refractivity contribution in [2.45, 2.75) is 25.1 Å². The fraction of sp³-hybridized carbons (Fsp3) is 0.471. The highest BCUT2D eigenvalue weighted by molar-refractivity contribution is 7.13. The molecule has 6 nitrogen and oxygen atoms in total. The number of alkyl halides is 3. The lowest BCUT2D eigenvalue weighted by molar-refractivity contribution is -0.137. The number of aromatic nitrogens is 2. The monoisotopic (exact) mass is 399 g/mol. The van der Waals surface area contributed by atoms with Gasteiger partial charge in [0.25, 0.3) is 0 Å². The van der Waals surface area contributed by atoms with Gasteiger partial charge in [-0.05, 0) is 32.0 Å². The van der Waals surface area contributed by atoms with E-state index in [1.165, 1.54) is 29.0 Å². The first-order valence-electron chi connectivity index (χ1n) is 8.52. The second-order valence-electron chi connectivity index (χ2n) is 6.44. The molecule has 1 aromatic carbocycles. The molecule has 27 heavy (non-hydrogen) atoms. The Balaban J connectivity index is 1.55. The van der Waals surface area contributed by atoms with Crippen LogP contribution in [0.1, 0.15) is 18.4 Å². The largest absolute Gasteiger partial charge is 0.418 e. The van der Waals surface area contributed by atoms with E-state index in [1.807, 2.05) is 11.9 Å². The van der Waals surface area contributed by atoms with Crippen molar-refractivity contribution >= 4 is 28.1 Å². The highest BCUT2D eigenvalue weighted by Crippen LogP contribution is 2.37. The van der Waals surface area contributed by atoms with E-state index in [-0.39, 0.29) is 24.2 Å². The standard InChI is InChI=1S/C17H20F3N5OS/c1-24(10-15(26)22-16-23-21-11-27-16)12-6-8-25(9-7-12)14-5-3-2-4-13(14)17(18,19)20/h2-5,11-12H,6-10H2,1H3,(H,22,23,26). The average Bonchev–Trinajstić information content (AvgIpc) is 3.14. The summed E-state index contributed by atoms with van der Waals surface area (Å²) in [6.45, 7) is 1.23. The molecule has 2 heterocycles. The Morgan fingerprint density at radius 1 is 1.33 bits per heavy atom. The highest BCUT2D eigenvalue weighted by atomic mass is 32.1. The molecule has 2 aromatic rings. The Hall–Kier alpha value is -2.20. The van der Waals surface area contributed by atoms with Gasteiger partial charge in [-0.2, -0.15) is 13.2 Å². The van der Waals surface area contributed by atoms with E-state index in [0.29, 0.717) is 31.1 Å². The number of likely N-dealkylation sites (N-methyl/N-ethyl adjacent to an activating group) is 1. The number of piperidine rings is 1. The van der Waals surface area contributed by atoms with Crippen molar-refractivity contribution in [2.75, 3.05) is 36.9 Å². The van der Waals surface area contributed by atoms with Crippen LogP contribution in [0.4, 0.5) is 24.0 Å². The van der Waals surface area contributed by atoms with Gasteiger partial charge in [0.2, 0.25) is 11.0 Å². The summed E-state index contributed by atoms with van der Waals surface area (Å²) in [5.74, 6) is -0.181. The number of hydrogen-bond acceptors (Lipinski definition) is 6. The van der Waals surface area contributed by atoms with E-state index in [9.17, 15) is 18.0 Å². The molecule has 1 aliphatic heterocycles. The van der Waals surface area contributed by atoms with Gasteiger partial charge >= 0.3 is 6.18 Å². The Kier molecular flexibility index (Phi) is 5.95. The molecule has 0 unspecified atom stereocenters. The SMILES string of the molecule is CN(CC(=O)Nc1nncs1)C1CCN(c2ccccc2C(F)(F)F)CC1. The zero-order valence-corrected chi connectivity index (χ0v) is 15.6. The molecule has 0 spiro atoms. The van der Waals surface area contributed by atoms with E-state index < -0.39 is 11.7 Å². The fourth-order valence-electron chi connectivity index (χ4n) is 3.28. The van der Waals surface area contributed by atoms with Gasteiger partial charge in [-0.25, -0.2) is 0 Å². The second-order valence-corrected chi connectivity index (χ2v) is 7.27. The highest BCUT2D eigenvalue weighted by Gasteiger charge is 2.35. The summed E-state index contributed by atoms with van der Waals surface area (Å²) >= 11 is 1.24. The number of para-hydroxylation sites is 1. The first kappa shape index (κ1) is 19.6. The van der Waals surface area contributed by atoms with Crippen molar-refractivity contribution in [3.05, 3.63) is 35.3 Å². The molecule has 3 rings (SSSR count). The molecule has 1 aliphatic rings. The van der Waals surface area contributed by atoms with Crippen molar-refractivity contribution in [3.8, 4) is 0 Å². The van der Waals surface area contributed by atoms with Gasteiger partial charge in [0.05, 0.1) is 12.1 Å². The van der Waals surface area contributed by atoms with Gasteiger partial charge in [-0.3, -0.25) is 15.0 Å². The van der Waals surface area contributed by atoms with Gasteiger partial charge in [-0.1, -0.05) is 23.5 Å². The lowest BCUT2D eigenvalue weighted by Crippen LogP contribution is -2.46. The number of rotatable bonds is 5. The van der Waals surface area contributed by atoms with Crippen LogP contribution in [0.25, 0.3) is 0 Å². The summed E-state index contributed by atoms with van der Waals surface area (Å²) in [5.41, 5.74) is 1.15. The molecule has 0 bridgehead atoms. The normalized spacial score (nSPS) is 16.0. The first-order chi connectivity index (χ1) is 12.8. The van der Waals surface area contributed by atoms with E-state index in [1.54, 1.807) is 11.0 Å².